The Labute approximate surface area is 114 Å². The predicted octanol–water partition coefficient (Wildman–Crippen LogP) is 4.04. The number of rotatable bonds is 0. The van der Waals surface area contributed by atoms with E-state index in [-0.39, 0.29) is 25.7 Å². The first kappa shape index (κ1) is 13.4. The Bertz CT molecular complexity index is 691. The summed E-state index contributed by atoms with van der Waals surface area (Å²) in [4.78, 5) is 11.2. The minimum atomic E-state index is -4.79. The summed E-state index contributed by atoms with van der Waals surface area (Å²) in [6, 6.07) is 1.91. The van der Waals surface area contributed by atoms with E-state index in [1.54, 1.807) is 0 Å². The molecule has 0 amide bonds. The molecule has 2 rings (SSSR count). The van der Waals surface area contributed by atoms with Crippen LogP contribution in [0.15, 0.2) is 30.3 Å². The van der Waals surface area contributed by atoms with Gasteiger partial charge in [0.2, 0.25) is 0 Å². The molecule has 1 aromatic heterocycles. The second-order valence-electron chi connectivity index (χ2n) is 3.38. The van der Waals surface area contributed by atoms with Gasteiger partial charge in [-0.15, -0.1) is 0 Å². The zero-order valence-corrected chi connectivity index (χ0v) is 11.5. The number of aromatic hydroxyl groups is 1. The monoisotopic (exact) mass is 386 g/mol. The predicted molar refractivity (Wildman–Crippen MR) is 64.6 cm³/mol. The van der Waals surface area contributed by atoms with Crippen molar-refractivity contribution in [3.05, 3.63) is 37.1 Å². The van der Waals surface area contributed by atoms with E-state index < -0.39 is 17.4 Å². The summed E-state index contributed by atoms with van der Waals surface area (Å²) in [6.07, 6.45) is -4.79. The van der Waals surface area contributed by atoms with Crippen molar-refractivity contribution in [3.8, 4) is 5.75 Å². The highest BCUT2D eigenvalue weighted by Gasteiger charge is 2.35. The second-order valence-corrected chi connectivity index (χ2v) is 5.03. The summed E-state index contributed by atoms with van der Waals surface area (Å²) in [7, 11) is 0. The zero-order valence-electron chi connectivity index (χ0n) is 8.31. The van der Waals surface area contributed by atoms with Gasteiger partial charge in [0.25, 0.3) is 0 Å². The Morgan fingerprint density at radius 1 is 1.22 bits per heavy atom. The van der Waals surface area contributed by atoms with E-state index in [0.717, 1.165) is 0 Å². The summed E-state index contributed by atoms with van der Waals surface area (Å²) >= 11 is 5.93. The molecule has 0 unspecified atom stereocenters. The third-order valence-electron chi connectivity index (χ3n) is 2.20. The summed E-state index contributed by atoms with van der Waals surface area (Å²) in [5, 5.41) is 9.59. The highest BCUT2D eigenvalue weighted by molar-refractivity contribution is 9.11. The minimum absolute atomic E-state index is 0.0118. The highest BCUT2D eigenvalue weighted by atomic mass is 79.9. The van der Waals surface area contributed by atoms with Crippen LogP contribution in [0.5, 0.6) is 5.75 Å². The molecule has 8 heteroatoms. The van der Waals surface area contributed by atoms with Crippen LogP contribution in [0.2, 0.25) is 0 Å². The number of alkyl halides is 3. The van der Waals surface area contributed by atoms with Gasteiger partial charge in [0, 0.05) is 5.39 Å². The van der Waals surface area contributed by atoms with Gasteiger partial charge in [0.15, 0.2) is 5.58 Å². The zero-order chi connectivity index (χ0) is 13.7. The van der Waals surface area contributed by atoms with E-state index in [1.807, 2.05) is 0 Å². The van der Waals surface area contributed by atoms with E-state index in [1.165, 1.54) is 6.07 Å². The fourth-order valence-corrected chi connectivity index (χ4v) is 2.61. The van der Waals surface area contributed by atoms with E-state index in [2.05, 4.69) is 36.3 Å². The molecule has 0 aliphatic heterocycles. The van der Waals surface area contributed by atoms with Crippen LogP contribution in [0, 0.1) is 0 Å². The smallest absolute Gasteiger partial charge is 0.423 e. The number of hydrogen-bond donors (Lipinski definition) is 1. The van der Waals surface area contributed by atoms with Gasteiger partial charge in [-0.2, -0.15) is 13.2 Å². The minimum Gasteiger partial charge on any atom is -0.505 e. The van der Waals surface area contributed by atoms with Crippen molar-refractivity contribution < 1.29 is 22.7 Å². The van der Waals surface area contributed by atoms with E-state index in [4.69, 9.17) is 0 Å². The van der Waals surface area contributed by atoms with Gasteiger partial charge in [-0.05, 0) is 44.0 Å². The van der Waals surface area contributed by atoms with Crippen LogP contribution in [0.4, 0.5) is 13.2 Å². The fraction of sp³-hybridized carbons (Fsp3) is 0.100. The Balaban J connectivity index is 2.90. The number of halogens is 5. The third kappa shape index (κ3) is 2.14. The first-order chi connectivity index (χ1) is 8.21. The Kier molecular flexibility index (Phi) is 3.18. The maximum atomic E-state index is 12.5. The number of hydrogen-bond acceptors (Lipinski definition) is 3. The van der Waals surface area contributed by atoms with Gasteiger partial charge >= 0.3 is 11.8 Å². The molecule has 1 heterocycles. The number of benzene rings is 1. The SMILES string of the molecule is O=c1oc2c(Br)c(O)c(Br)cc2cc1C(F)(F)F. The molecule has 0 fully saturated rings. The molecule has 96 valence electrons. The summed E-state index contributed by atoms with van der Waals surface area (Å²) in [5.41, 5.74) is -3.04. The first-order valence-corrected chi connectivity index (χ1v) is 6.02. The lowest BCUT2D eigenvalue weighted by Crippen LogP contribution is -2.17. The Hall–Kier alpha value is -1.02. The van der Waals surface area contributed by atoms with Crippen molar-refractivity contribution in [2.45, 2.75) is 6.18 Å². The number of phenols is 1. The molecule has 0 saturated carbocycles. The van der Waals surface area contributed by atoms with Crippen LogP contribution in [0.1, 0.15) is 5.56 Å². The van der Waals surface area contributed by atoms with Gasteiger partial charge < -0.3 is 9.52 Å². The quantitative estimate of drug-likeness (QED) is 0.694. The van der Waals surface area contributed by atoms with Gasteiger partial charge in [0.05, 0.1) is 4.47 Å². The summed E-state index contributed by atoms with van der Waals surface area (Å²) in [6.45, 7) is 0. The van der Waals surface area contributed by atoms with E-state index in [9.17, 15) is 23.1 Å². The second kappa shape index (κ2) is 4.27. The molecular weight excluding hydrogens is 385 g/mol. The van der Waals surface area contributed by atoms with Crippen molar-refractivity contribution in [2.75, 3.05) is 0 Å². The van der Waals surface area contributed by atoms with Crippen molar-refractivity contribution in [1.29, 1.82) is 0 Å². The number of fused-ring (bicyclic) bond motifs is 1. The van der Waals surface area contributed by atoms with Crippen LogP contribution < -0.4 is 5.63 Å². The molecule has 0 saturated heterocycles. The van der Waals surface area contributed by atoms with Crippen molar-refractivity contribution >= 4 is 42.8 Å². The standard InChI is InChI=1S/C10H3Br2F3O3/c11-5-2-3-1-4(10(13,14)15)9(17)18-8(3)6(12)7(5)16/h1-2,16H. The average molecular weight is 388 g/mol. The molecule has 0 aliphatic rings. The molecule has 0 bridgehead atoms. The molecule has 0 aliphatic carbocycles. The van der Waals surface area contributed by atoms with Crippen LogP contribution in [-0.4, -0.2) is 5.11 Å². The first-order valence-electron chi connectivity index (χ1n) is 4.44. The highest BCUT2D eigenvalue weighted by Crippen LogP contribution is 2.39. The van der Waals surface area contributed by atoms with Crippen LogP contribution in [0.3, 0.4) is 0 Å². The lowest BCUT2D eigenvalue weighted by atomic mass is 10.2. The normalized spacial score (nSPS) is 12.1. The maximum absolute atomic E-state index is 12.5. The topological polar surface area (TPSA) is 50.4 Å². The molecule has 1 N–H and O–H groups in total. The van der Waals surface area contributed by atoms with Crippen molar-refractivity contribution in [2.24, 2.45) is 0 Å². The lowest BCUT2D eigenvalue weighted by Gasteiger charge is -2.08. The third-order valence-corrected chi connectivity index (χ3v) is 3.54. The molecule has 2 aromatic rings. The number of phenolic OH excluding ortho intramolecular Hbond substituents is 1. The largest absolute Gasteiger partial charge is 0.505 e. The van der Waals surface area contributed by atoms with E-state index in [0.29, 0.717) is 6.07 Å². The molecule has 18 heavy (non-hydrogen) atoms. The van der Waals surface area contributed by atoms with Gasteiger partial charge in [-0.3, -0.25) is 0 Å². The Morgan fingerprint density at radius 2 is 1.83 bits per heavy atom. The van der Waals surface area contributed by atoms with Crippen molar-refractivity contribution in [1.82, 2.24) is 0 Å². The molecule has 1 aromatic carbocycles. The molecule has 0 atom stereocenters. The molecule has 3 nitrogen and oxygen atoms in total. The van der Waals surface area contributed by atoms with Gasteiger partial charge in [-0.25, -0.2) is 4.79 Å². The molecular formula is C10H3Br2F3O3. The molecule has 0 radical (unpaired) electrons. The maximum Gasteiger partial charge on any atom is 0.423 e. The summed E-state index contributed by atoms with van der Waals surface area (Å²) in [5.74, 6) is -0.259. The molecule has 0 spiro atoms. The van der Waals surface area contributed by atoms with Crippen molar-refractivity contribution in [3.63, 3.8) is 0 Å². The Morgan fingerprint density at radius 3 is 2.39 bits per heavy atom. The van der Waals surface area contributed by atoms with Crippen LogP contribution in [0.25, 0.3) is 11.0 Å². The lowest BCUT2D eigenvalue weighted by molar-refractivity contribution is -0.139. The average Bonchev–Trinajstić information content (AvgIpc) is 2.25. The van der Waals surface area contributed by atoms with E-state index >= 15 is 0 Å². The van der Waals surface area contributed by atoms with Gasteiger partial charge in [-0.1, -0.05) is 0 Å². The summed E-state index contributed by atoms with van der Waals surface area (Å²) < 4.78 is 42.4. The van der Waals surface area contributed by atoms with Gasteiger partial charge in [0.1, 0.15) is 15.8 Å². The van der Waals surface area contributed by atoms with Crippen LogP contribution >= 0.6 is 31.9 Å². The van der Waals surface area contributed by atoms with Crippen LogP contribution in [-0.2, 0) is 6.18 Å². The fourth-order valence-electron chi connectivity index (χ4n) is 1.38.